The average Bonchev–Trinajstić information content (AvgIpc) is 3.22. The Morgan fingerprint density at radius 2 is 1.56 bits per heavy atom. The number of imide groups is 1. The van der Waals surface area contributed by atoms with Crippen LogP contribution in [0.15, 0.2) is 76.5 Å². The number of rotatable bonds is 9. The second kappa shape index (κ2) is 13.4. The van der Waals surface area contributed by atoms with Gasteiger partial charge in [-0.3, -0.25) is 34.6 Å². The number of nitro groups is 2. The van der Waals surface area contributed by atoms with Gasteiger partial charge >= 0.3 is 35.5 Å². The van der Waals surface area contributed by atoms with Crippen LogP contribution in [0.2, 0.25) is 0 Å². The molecule has 216 valence electrons. The van der Waals surface area contributed by atoms with Gasteiger partial charge in [-0.25, -0.2) is 13.2 Å². The van der Waals surface area contributed by atoms with E-state index < -0.39 is 72.3 Å². The summed E-state index contributed by atoms with van der Waals surface area (Å²) >= 11 is 0.922. The molecule has 0 radical (unpaired) electrons. The maximum Gasteiger partial charge on any atom is 1.00 e. The summed E-state index contributed by atoms with van der Waals surface area (Å²) in [5, 5.41) is 23.3. The van der Waals surface area contributed by atoms with Crippen molar-refractivity contribution in [1.29, 1.82) is 0 Å². The fourth-order valence-electron chi connectivity index (χ4n) is 3.66. The number of anilines is 1. The van der Waals surface area contributed by atoms with Gasteiger partial charge in [0.1, 0.15) is 20.9 Å². The molecule has 19 heteroatoms. The van der Waals surface area contributed by atoms with Gasteiger partial charge in [-0.15, -0.1) is 5.06 Å². The third kappa shape index (κ3) is 7.61. The van der Waals surface area contributed by atoms with E-state index in [2.05, 4.69) is 10.2 Å². The maximum atomic E-state index is 13.0. The molecule has 0 spiro atoms. The minimum atomic E-state index is -5.16. The predicted molar refractivity (Wildman–Crippen MR) is 140 cm³/mol. The number of hydroxylamine groups is 2. The van der Waals surface area contributed by atoms with Gasteiger partial charge in [-0.1, -0.05) is 30.0 Å². The number of amides is 3. The van der Waals surface area contributed by atoms with E-state index in [0.29, 0.717) is 11.0 Å². The second-order valence-corrected chi connectivity index (χ2v) is 11.1. The summed E-state index contributed by atoms with van der Waals surface area (Å²) in [4.78, 5) is 76.0. The zero-order valence-corrected chi connectivity index (χ0v) is 25.3. The molecule has 1 atom stereocenters. The summed E-state index contributed by atoms with van der Waals surface area (Å²) in [6.07, 6.45) is -0.983. The number of carbonyl (C=O) groups is 4. The molecule has 1 heterocycles. The molecule has 1 aliphatic heterocycles. The quantitative estimate of drug-likeness (QED) is 0.104. The van der Waals surface area contributed by atoms with Crippen molar-refractivity contribution in [3.63, 3.8) is 0 Å². The minimum Gasteiger partial charge on any atom is -0.747 e. The first-order valence-corrected chi connectivity index (χ1v) is 13.7. The molecule has 3 amide bonds. The maximum absolute atomic E-state index is 13.0. The number of hydrogen-bond acceptors (Lipinski definition) is 13. The minimum absolute atomic E-state index is 0. The van der Waals surface area contributed by atoms with Crippen LogP contribution in [0.3, 0.4) is 0 Å². The van der Waals surface area contributed by atoms with Crippen LogP contribution in [0.4, 0.5) is 17.1 Å². The molecule has 1 aliphatic rings. The van der Waals surface area contributed by atoms with E-state index in [1.165, 1.54) is 12.1 Å². The molecule has 16 nitrogen and oxygen atoms in total. The van der Waals surface area contributed by atoms with Crippen LogP contribution in [-0.4, -0.2) is 56.8 Å². The summed E-state index contributed by atoms with van der Waals surface area (Å²) in [6.45, 7) is 0. The molecular formula is C24H15N4NaO12S2. The van der Waals surface area contributed by atoms with Gasteiger partial charge < -0.3 is 14.7 Å². The van der Waals surface area contributed by atoms with Gasteiger partial charge in [0.15, 0.2) is 0 Å². The van der Waals surface area contributed by atoms with E-state index in [4.69, 9.17) is 0 Å². The van der Waals surface area contributed by atoms with Crippen LogP contribution in [0.5, 0.6) is 0 Å². The third-order valence-corrected chi connectivity index (χ3v) is 7.77. The summed E-state index contributed by atoms with van der Waals surface area (Å²) in [5.74, 6) is -5.00. The summed E-state index contributed by atoms with van der Waals surface area (Å²) in [6, 6.07) is 14.6. The molecule has 0 aliphatic carbocycles. The number of benzene rings is 3. The molecule has 1 saturated heterocycles. The Bertz CT molecular complexity index is 1750. The fourth-order valence-corrected chi connectivity index (χ4v) is 5.31. The Balaban J connectivity index is 0.00000506. The average molecular weight is 639 g/mol. The van der Waals surface area contributed by atoms with E-state index in [9.17, 15) is 52.4 Å². The molecule has 0 saturated carbocycles. The van der Waals surface area contributed by atoms with Crippen LogP contribution >= 0.6 is 11.8 Å². The summed E-state index contributed by atoms with van der Waals surface area (Å²) < 4.78 is 33.4. The Morgan fingerprint density at radius 3 is 2.09 bits per heavy atom. The van der Waals surface area contributed by atoms with E-state index in [1.54, 1.807) is 30.3 Å². The summed E-state index contributed by atoms with van der Waals surface area (Å²) in [7, 11) is -5.16. The Kier molecular flexibility index (Phi) is 10.4. The fraction of sp³-hybridized carbons (Fsp3) is 0.0833. The number of nitrogens with one attached hydrogen (secondary N) is 1. The monoisotopic (exact) mass is 638 g/mol. The Morgan fingerprint density at radius 1 is 0.953 bits per heavy atom. The van der Waals surface area contributed by atoms with Gasteiger partial charge in [0.2, 0.25) is 0 Å². The molecule has 4 rings (SSSR count). The van der Waals surface area contributed by atoms with E-state index in [-0.39, 0.29) is 50.8 Å². The Hall–Kier alpha value is -4.20. The van der Waals surface area contributed by atoms with Crippen molar-refractivity contribution in [3.8, 4) is 0 Å². The van der Waals surface area contributed by atoms with Gasteiger partial charge in [-0.2, -0.15) is 0 Å². The van der Waals surface area contributed by atoms with Crippen LogP contribution in [-0.2, 0) is 24.5 Å². The van der Waals surface area contributed by atoms with Crippen LogP contribution in [0.25, 0.3) is 0 Å². The number of carbonyl (C=O) groups excluding carboxylic acids is 4. The molecule has 0 aromatic heterocycles. The number of hydrogen-bond donors (Lipinski definition) is 1. The zero-order chi connectivity index (χ0) is 30.8. The van der Waals surface area contributed by atoms with Gasteiger partial charge in [0.25, 0.3) is 29.1 Å². The molecule has 43 heavy (non-hydrogen) atoms. The molecular weight excluding hydrogens is 623 g/mol. The van der Waals surface area contributed by atoms with Crippen molar-refractivity contribution in [1.82, 2.24) is 5.06 Å². The first-order valence-electron chi connectivity index (χ1n) is 11.4. The van der Waals surface area contributed by atoms with Gasteiger partial charge in [0, 0.05) is 10.6 Å². The summed E-state index contributed by atoms with van der Waals surface area (Å²) in [5.41, 5.74) is -2.13. The predicted octanol–water partition coefficient (Wildman–Crippen LogP) is -0.345. The topological polar surface area (TPSA) is 236 Å². The smallest absolute Gasteiger partial charge is 0.747 e. The molecule has 3 aromatic carbocycles. The second-order valence-electron chi connectivity index (χ2n) is 8.39. The van der Waals surface area contributed by atoms with Crippen LogP contribution < -0.4 is 34.9 Å². The van der Waals surface area contributed by atoms with Crippen molar-refractivity contribution in [2.75, 3.05) is 5.32 Å². The normalized spacial score (nSPS) is 14.5. The standard InChI is InChI=1S/C24H16N4O12S2.Na/c29-21-12-20(42(37,38)39)23(31)26(21)40-24(32)13-6-8-14(9-7-13)25-22(30)16-10-19(41-15-4-2-1-3-5-15)18(28(35)36)11-17(16)27(33)34;/h1-11,20H,12H2,(H,25,30)(H,37,38,39);/q;+1/p-1. The largest absolute Gasteiger partial charge is 1.00 e. The number of nitrogens with zero attached hydrogens (tertiary/aromatic N) is 3. The van der Waals surface area contributed by atoms with E-state index >= 15 is 0 Å². The van der Waals surface area contributed by atoms with Gasteiger partial charge in [-0.05, 0) is 42.5 Å². The van der Waals surface area contributed by atoms with Gasteiger partial charge in [0.05, 0.1) is 32.8 Å². The molecule has 1 N–H and O–H groups in total. The van der Waals surface area contributed by atoms with Crippen molar-refractivity contribution in [2.24, 2.45) is 0 Å². The van der Waals surface area contributed by atoms with Crippen molar-refractivity contribution >= 4 is 62.6 Å². The zero-order valence-electron chi connectivity index (χ0n) is 21.7. The van der Waals surface area contributed by atoms with Crippen molar-refractivity contribution in [2.45, 2.75) is 21.5 Å². The molecule has 1 unspecified atom stereocenters. The van der Waals surface area contributed by atoms with Crippen molar-refractivity contribution in [3.05, 3.63) is 98.1 Å². The molecule has 0 bridgehead atoms. The molecule has 3 aromatic rings. The molecule has 1 fully saturated rings. The van der Waals surface area contributed by atoms with Crippen LogP contribution in [0, 0.1) is 20.2 Å². The number of nitro benzene ring substituents is 2. The SMILES string of the molecule is O=C(ON1C(=O)CC(S(=O)(=O)[O-])C1=O)c1ccc(NC(=O)c2cc(Sc3ccccc3)c([N+](=O)[O-])cc2[N+](=O)[O-])cc1.[Na+]. The third-order valence-electron chi connectivity index (χ3n) is 5.65. The van der Waals surface area contributed by atoms with Crippen molar-refractivity contribution < 1.29 is 76.4 Å². The van der Waals surface area contributed by atoms with Crippen LogP contribution in [0.1, 0.15) is 27.1 Å². The Labute approximate surface area is 267 Å². The first kappa shape index (κ1) is 33.3. The van der Waals surface area contributed by atoms with E-state index in [0.717, 1.165) is 30.0 Å². The first-order chi connectivity index (χ1) is 19.8. The van der Waals surface area contributed by atoms with E-state index in [1.807, 2.05) is 0 Å².